The molecule has 0 aliphatic rings. The van der Waals surface area contributed by atoms with Crippen molar-refractivity contribution in [3.63, 3.8) is 0 Å². The van der Waals surface area contributed by atoms with E-state index < -0.39 is 22.9 Å². The number of nitro benzene ring substituents is 1. The van der Waals surface area contributed by atoms with Crippen LogP contribution in [0.5, 0.6) is 0 Å². The molecule has 0 fully saturated rings. The molecule has 29 heavy (non-hydrogen) atoms. The van der Waals surface area contributed by atoms with Crippen LogP contribution in [0.1, 0.15) is 17.3 Å². The van der Waals surface area contributed by atoms with Gasteiger partial charge in [-0.3, -0.25) is 14.9 Å². The van der Waals surface area contributed by atoms with Gasteiger partial charge in [0.05, 0.1) is 10.5 Å². The van der Waals surface area contributed by atoms with Gasteiger partial charge < -0.3 is 10.1 Å². The molecule has 0 aromatic heterocycles. The summed E-state index contributed by atoms with van der Waals surface area (Å²) in [7, 11) is 0. The second kappa shape index (κ2) is 8.79. The van der Waals surface area contributed by atoms with Gasteiger partial charge in [0.1, 0.15) is 0 Å². The lowest BCUT2D eigenvalue weighted by Crippen LogP contribution is -2.30. The number of ether oxygens (including phenoxy) is 1. The highest BCUT2D eigenvalue weighted by Gasteiger charge is 2.20. The first-order valence-electron chi connectivity index (χ1n) is 8.86. The van der Waals surface area contributed by atoms with Crippen LogP contribution in [0, 0.1) is 10.1 Å². The number of anilines is 1. The number of hydrogen-bond acceptors (Lipinski definition) is 5. The molecule has 3 rings (SSSR count). The summed E-state index contributed by atoms with van der Waals surface area (Å²) in [5, 5.41) is 13.5. The van der Waals surface area contributed by atoms with E-state index in [0.717, 1.165) is 11.1 Å². The second-order valence-electron chi connectivity index (χ2n) is 6.25. The van der Waals surface area contributed by atoms with Crippen molar-refractivity contribution in [1.82, 2.24) is 0 Å². The maximum absolute atomic E-state index is 12.5. The predicted molar refractivity (Wildman–Crippen MR) is 108 cm³/mol. The average molecular weight is 390 g/mol. The van der Waals surface area contributed by atoms with Gasteiger partial charge in [0.15, 0.2) is 6.10 Å². The highest BCUT2D eigenvalue weighted by Crippen LogP contribution is 2.27. The Morgan fingerprint density at radius 1 is 0.931 bits per heavy atom. The van der Waals surface area contributed by atoms with E-state index in [2.05, 4.69) is 5.32 Å². The van der Waals surface area contributed by atoms with E-state index >= 15 is 0 Å². The largest absolute Gasteiger partial charge is 0.449 e. The first-order valence-corrected chi connectivity index (χ1v) is 8.86. The minimum atomic E-state index is -1.05. The number of benzene rings is 3. The molecule has 1 N–H and O–H groups in total. The molecule has 1 amide bonds. The molecule has 7 heteroatoms. The Kier molecular flexibility index (Phi) is 5.99. The molecule has 0 radical (unpaired) electrons. The molecule has 7 nitrogen and oxygen atoms in total. The van der Waals surface area contributed by atoms with E-state index in [0.29, 0.717) is 5.69 Å². The van der Waals surface area contributed by atoms with Crippen LogP contribution in [0.4, 0.5) is 11.4 Å². The summed E-state index contributed by atoms with van der Waals surface area (Å²) in [4.78, 5) is 34.9. The number of non-ortho nitro benzene ring substituents is 1. The molecule has 0 heterocycles. The molecule has 1 unspecified atom stereocenters. The van der Waals surface area contributed by atoms with Gasteiger partial charge in [-0.2, -0.15) is 0 Å². The van der Waals surface area contributed by atoms with Crippen LogP contribution in [-0.2, 0) is 9.53 Å². The van der Waals surface area contributed by atoms with Gasteiger partial charge in [0.25, 0.3) is 11.6 Å². The van der Waals surface area contributed by atoms with Crippen LogP contribution in [0.25, 0.3) is 11.1 Å². The van der Waals surface area contributed by atoms with E-state index in [-0.39, 0.29) is 11.3 Å². The molecular weight excluding hydrogens is 372 g/mol. The Morgan fingerprint density at radius 2 is 1.55 bits per heavy atom. The summed E-state index contributed by atoms with van der Waals surface area (Å²) >= 11 is 0. The van der Waals surface area contributed by atoms with Gasteiger partial charge in [-0.15, -0.1) is 0 Å². The van der Waals surface area contributed by atoms with E-state index in [1.807, 2.05) is 42.5 Å². The standard InChI is InChI=1S/C22H18N2O5/c1-15(29-22(26)17-11-13-18(14-12-17)24(27)28)21(25)23-20-10-6-5-9-19(20)16-7-3-2-4-8-16/h2-15H,1H3,(H,23,25). The number of esters is 1. The monoisotopic (exact) mass is 390 g/mol. The predicted octanol–water partition coefficient (Wildman–Crippen LogP) is 4.45. The maximum atomic E-state index is 12.5. The van der Waals surface area contributed by atoms with Crippen molar-refractivity contribution in [2.24, 2.45) is 0 Å². The van der Waals surface area contributed by atoms with Gasteiger partial charge in [0, 0.05) is 23.4 Å². The van der Waals surface area contributed by atoms with Crippen molar-refractivity contribution in [1.29, 1.82) is 0 Å². The number of nitro groups is 1. The molecule has 3 aromatic rings. The molecule has 0 aliphatic heterocycles. The second-order valence-corrected chi connectivity index (χ2v) is 6.25. The van der Waals surface area contributed by atoms with Crippen LogP contribution in [0.15, 0.2) is 78.9 Å². The number of nitrogens with zero attached hydrogens (tertiary/aromatic N) is 1. The first kappa shape index (κ1) is 19.8. The van der Waals surface area contributed by atoms with Crippen LogP contribution < -0.4 is 5.32 Å². The molecule has 0 bridgehead atoms. The van der Waals surface area contributed by atoms with Crippen LogP contribution >= 0.6 is 0 Å². The van der Waals surface area contributed by atoms with E-state index in [1.165, 1.54) is 31.2 Å². The normalized spacial score (nSPS) is 11.3. The highest BCUT2D eigenvalue weighted by atomic mass is 16.6. The number of nitrogens with one attached hydrogen (secondary N) is 1. The van der Waals surface area contributed by atoms with Crippen molar-refractivity contribution in [3.8, 4) is 11.1 Å². The van der Waals surface area contributed by atoms with Crippen molar-refractivity contribution >= 4 is 23.3 Å². The number of amides is 1. The lowest BCUT2D eigenvalue weighted by Gasteiger charge is -2.16. The van der Waals surface area contributed by atoms with Gasteiger partial charge in [-0.05, 0) is 30.7 Å². The number of rotatable bonds is 6. The molecule has 0 spiro atoms. The van der Waals surface area contributed by atoms with Crippen molar-refractivity contribution < 1.29 is 19.2 Å². The Balaban J connectivity index is 1.68. The molecular formula is C22H18N2O5. The number of carbonyl (C=O) groups is 2. The minimum Gasteiger partial charge on any atom is -0.449 e. The highest BCUT2D eigenvalue weighted by molar-refractivity contribution is 6.00. The van der Waals surface area contributed by atoms with E-state index in [4.69, 9.17) is 4.74 Å². The lowest BCUT2D eigenvalue weighted by atomic mass is 10.0. The SMILES string of the molecule is CC(OC(=O)c1ccc([N+](=O)[O-])cc1)C(=O)Nc1ccccc1-c1ccccc1. The number of hydrogen-bond donors (Lipinski definition) is 1. The van der Waals surface area contributed by atoms with Gasteiger partial charge >= 0.3 is 5.97 Å². The Bertz CT molecular complexity index is 1030. The quantitative estimate of drug-likeness (QED) is 0.381. The van der Waals surface area contributed by atoms with E-state index in [1.54, 1.807) is 12.1 Å². The maximum Gasteiger partial charge on any atom is 0.338 e. The Morgan fingerprint density at radius 3 is 2.21 bits per heavy atom. The third-order valence-corrected chi connectivity index (χ3v) is 4.24. The molecule has 0 saturated carbocycles. The number of carbonyl (C=O) groups excluding carboxylic acids is 2. The fourth-order valence-corrected chi connectivity index (χ4v) is 2.70. The topological polar surface area (TPSA) is 98.5 Å². The van der Waals surface area contributed by atoms with Gasteiger partial charge in [0.2, 0.25) is 0 Å². The van der Waals surface area contributed by atoms with Crippen molar-refractivity contribution in [3.05, 3.63) is 94.5 Å². The summed E-state index contributed by atoms with van der Waals surface area (Å²) in [6.07, 6.45) is -1.05. The lowest BCUT2D eigenvalue weighted by molar-refractivity contribution is -0.384. The van der Waals surface area contributed by atoms with E-state index in [9.17, 15) is 19.7 Å². The zero-order valence-electron chi connectivity index (χ0n) is 15.6. The summed E-state index contributed by atoms with van der Waals surface area (Å²) in [5.41, 5.74) is 2.38. The smallest absolute Gasteiger partial charge is 0.338 e. The molecule has 146 valence electrons. The van der Waals surface area contributed by atoms with Crippen LogP contribution in [0.3, 0.4) is 0 Å². The summed E-state index contributed by atoms with van der Waals surface area (Å²) in [5.74, 6) is -1.22. The minimum absolute atomic E-state index is 0.125. The van der Waals surface area contributed by atoms with Gasteiger partial charge in [-0.1, -0.05) is 48.5 Å². The summed E-state index contributed by atoms with van der Waals surface area (Å²) in [6.45, 7) is 1.46. The fraction of sp³-hybridized carbons (Fsp3) is 0.0909. The Labute approximate surface area is 167 Å². The van der Waals surface area contributed by atoms with Gasteiger partial charge in [-0.25, -0.2) is 4.79 Å². The third kappa shape index (κ3) is 4.84. The average Bonchev–Trinajstić information content (AvgIpc) is 2.74. The molecule has 0 saturated heterocycles. The molecule has 0 aliphatic carbocycles. The molecule has 3 aromatic carbocycles. The summed E-state index contributed by atoms with van der Waals surface area (Å²) < 4.78 is 5.20. The zero-order chi connectivity index (χ0) is 20.8. The fourth-order valence-electron chi connectivity index (χ4n) is 2.70. The first-order chi connectivity index (χ1) is 14.0. The molecule has 1 atom stereocenters. The third-order valence-electron chi connectivity index (χ3n) is 4.24. The van der Waals surface area contributed by atoms with Crippen molar-refractivity contribution in [2.45, 2.75) is 13.0 Å². The Hall–Kier alpha value is -4.00. The summed E-state index contributed by atoms with van der Waals surface area (Å²) in [6, 6.07) is 21.9. The van der Waals surface area contributed by atoms with Crippen LogP contribution in [-0.4, -0.2) is 22.9 Å². The number of para-hydroxylation sites is 1. The zero-order valence-corrected chi connectivity index (χ0v) is 15.6. The van der Waals surface area contributed by atoms with Crippen LogP contribution in [0.2, 0.25) is 0 Å². The van der Waals surface area contributed by atoms with Crippen molar-refractivity contribution in [2.75, 3.05) is 5.32 Å².